The van der Waals surface area contributed by atoms with Crippen LogP contribution in [0.2, 0.25) is 0 Å². The molecule has 0 N–H and O–H groups in total. The number of fused-ring (bicyclic) bond motifs is 1. The lowest BCUT2D eigenvalue weighted by atomic mass is 9.85. The largest absolute Gasteiger partial charge is 0.464 e. The number of rotatable bonds is 3. The monoisotopic (exact) mass is 370 g/mol. The summed E-state index contributed by atoms with van der Waals surface area (Å²) in [4.78, 5) is 16.5. The SMILES string of the molecule is CCOC(=O)N1CCC(N2CCC(c3cccc4ccoc34)CC2)C(C)C1. The molecule has 2 aliphatic heterocycles. The first kappa shape index (κ1) is 18.4. The average Bonchev–Trinajstić information content (AvgIpc) is 3.17. The third kappa shape index (κ3) is 3.70. The van der Waals surface area contributed by atoms with Crippen LogP contribution in [0.3, 0.4) is 0 Å². The van der Waals surface area contributed by atoms with E-state index in [0.29, 0.717) is 24.5 Å². The van der Waals surface area contributed by atoms with E-state index in [-0.39, 0.29) is 6.09 Å². The minimum atomic E-state index is -0.159. The van der Waals surface area contributed by atoms with Gasteiger partial charge in [0.15, 0.2) is 0 Å². The lowest BCUT2D eigenvalue weighted by Crippen LogP contribution is -2.53. The van der Waals surface area contributed by atoms with Crippen LogP contribution < -0.4 is 0 Å². The zero-order chi connectivity index (χ0) is 18.8. The maximum absolute atomic E-state index is 12.0. The van der Waals surface area contributed by atoms with Crippen LogP contribution in [-0.4, -0.2) is 54.7 Å². The third-order valence-corrected chi connectivity index (χ3v) is 6.33. The molecule has 2 fully saturated rings. The summed E-state index contributed by atoms with van der Waals surface area (Å²) in [6.07, 6.45) is 5.02. The lowest BCUT2D eigenvalue weighted by Gasteiger charge is -2.45. The predicted molar refractivity (Wildman–Crippen MR) is 106 cm³/mol. The van der Waals surface area contributed by atoms with Crippen LogP contribution in [0.1, 0.15) is 44.6 Å². The number of carbonyl (C=O) groups excluding carboxylic acids is 1. The maximum atomic E-state index is 12.0. The molecule has 2 unspecified atom stereocenters. The molecule has 3 heterocycles. The number of para-hydroxylation sites is 1. The van der Waals surface area contributed by atoms with Crippen molar-refractivity contribution < 1.29 is 13.9 Å². The van der Waals surface area contributed by atoms with Gasteiger partial charge in [-0.15, -0.1) is 0 Å². The first-order valence-electron chi connectivity index (χ1n) is 10.3. The minimum absolute atomic E-state index is 0.159. The second-order valence-corrected chi connectivity index (χ2v) is 7.97. The van der Waals surface area contributed by atoms with Crippen molar-refractivity contribution >= 4 is 17.1 Å². The summed E-state index contributed by atoms with van der Waals surface area (Å²) in [5, 5.41) is 1.20. The summed E-state index contributed by atoms with van der Waals surface area (Å²) in [7, 11) is 0. The molecule has 4 rings (SSSR count). The van der Waals surface area contributed by atoms with Gasteiger partial charge >= 0.3 is 6.09 Å². The van der Waals surface area contributed by atoms with Gasteiger partial charge in [0.25, 0.3) is 0 Å². The highest BCUT2D eigenvalue weighted by atomic mass is 16.6. The van der Waals surface area contributed by atoms with Crippen LogP contribution in [0.4, 0.5) is 4.79 Å². The minimum Gasteiger partial charge on any atom is -0.464 e. The Bertz CT molecular complexity index is 779. The van der Waals surface area contributed by atoms with Gasteiger partial charge in [-0.05, 0) is 62.7 Å². The molecule has 1 amide bonds. The molecule has 2 atom stereocenters. The number of piperidine rings is 2. The molecule has 27 heavy (non-hydrogen) atoms. The van der Waals surface area contributed by atoms with E-state index < -0.39 is 0 Å². The van der Waals surface area contributed by atoms with Crippen LogP contribution in [0.5, 0.6) is 0 Å². The summed E-state index contributed by atoms with van der Waals surface area (Å²) in [5.41, 5.74) is 2.43. The number of hydrogen-bond donors (Lipinski definition) is 0. The first-order valence-corrected chi connectivity index (χ1v) is 10.3. The van der Waals surface area contributed by atoms with Crippen molar-refractivity contribution in [3.05, 3.63) is 36.1 Å². The molecule has 146 valence electrons. The molecule has 0 aliphatic carbocycles. The molecule has 2 aromatic rings. The highest BCUT2D eigenvalue weighted by molar-refractivity contribution is 5.80. The molecule has 0 radical (unpaired) electrons. The van der Waals surface area contributed by atoms with E-state index in [1.807, 2.05) is 17.9 Å². The van der Waals surface area contributed by atoms with Crippen LogP contribution >= 0.6 is 0 Å². The normalized spacial score (nSPS) is 25.0. The van der Waals surface area contributed by atoms with E-state index in [0.717, 1.165) is 38.2 Å². The second-order valence-electron chi connectivity index (χ2n) is 7.97. The Hall–Kier alpha value is -2.01. The molecule has 2 aliphatic rings. The lowest BCUT2D eigenvalue weighted by molar-refractivity contribution is 0.0385. The van der Waals surface area contributed by atoms with Gasteiger partial charge in [0, 0.05) is 24.5 Å². The van der Waals surface area contributed by atoms with Crippen LogP contribution in [0.15, 0.2) is 34.9 Å². The van der Waals surface area contributed by atoms with E-state index in [9.17, 15) is 4.79 Å². The fourth-order valence-corrected chi connectivity index (χ4v) is 4.94. The molecule has 0 saturated carbocycles. The van der Waals surface area contributed by atoms with E-state index in [1.54, 1.807) is 6.26 Å². The Morgan fingerprint density at radius 1 is 1.19 bits per heavy atom. The quantitative estimate of drug-likeness (QED) is 0.799. The van der Waals surface area contributed by atoms with Crippen LogP contribution in [0, 0.1) is 5.92 Å². The van der Waals surface area contributed by atoms with Crippen molar-refractivity contribution in [3.8, 4) is 0 Å². The van der Waals surface area contributed by atoms with Gasteiger partial charge in [-0.2, -0.15) is 0 Å². The number of ether oxygens (including phenoxy) is 1. The number of furan rings is 1. The summed E-state index contributed by atoms with van der Waals surface area (Å²) >= 11 is 0. The van der Waals surface area contributed by atoms with Crippen molar-refractivity contribution in [2.45, 2.75) is 45.1 Å². The van der Waals surface area contributed by atoms with Gasteiger partial charge in [-0.3, -0.25) is 4.90 Å². The number of likely N-dealkylation sites (tertiary alicyclic amines) is 2. The van der Waals surface area contributed by atoms with E-state index in [4.69, 9.17) is 9.15 Å². The van der Waals surface area contributed by atoms with Crippen molar-refractivity contribution in [2.75, 3.05) is 32.8 Å². The van der Waals surface area contributed by atoms with E-state index in [2.05, 4.69) is 30.0 Å². The van der Waals surface area contributed by atoms with Crippen molar-refractivity contribution in [1.82, 2.24) is 9.80 Å². The third-order valence-electron chi connectivity index (χ3n) is 6.33. The van der Waals surface area contributed by atoms with Gasteiger partial charge < -0.3 is 14.1 Å². The van der Waals surface area contributed by atoms with Crippen molar-refractivity contribution in [3.63, 3.8) is 0 Å². The first-order chi connectivity index (χ1) is 13.2. The Kier molecular flexibility index (Phi) is 5.39. The van der Waals surface area contributed by atoms with Gasteiger partial charge in [0.2, 0.25) is 0 Å². The van der Waals surface area contributed by atoms with Gasteiger partial charge in [-0.25, -0.2) is 4.79 Å². The number of benzene rings is 1. The molecule has 0 bridgehead atoms. The molecule has 0 spiro atoms. The average molecular weight is 370 g/mol. The van der Waals surface area contributed by atoms with Crippen LogP contribution in [-0.2, 0) is 4.74 Å². The second kappa shape index (κ2) is 7.93. The summed E-state index contributed by atoms with van der Waals surface area (Å²) in [6.45, 7) is 8.43. The number of carbonyl (C=O) groups is 1. The summed E-state index contributed by atoms with van der Waals surface area (Å²) < 4.78 is 10.9. The molecule has 5 nitrogen and oxygen atoms in total. The zero-order valence-electron chi connectivity index (χ0n) is 16.4. The topological polar surface area (TPSA) is 45.9 Å². The van der Waals surface area contributed by atoms with Gasteiger partial charge in [0.1, 0.15) is 5.58 Å². The molecule has 2 saturated heterocycles. The van der Waals surface area contributed by atoms with Crippen LogP contribution in [0.25, 0.3) is 11.0 Å². The Balaban J connectivity index is 1.36. The molecule has 1 aromatic heterocycles. The van der Waals surface area contributed by atoms with Gasteiger partial charge in [0.05, 0.1) is 12.9 Å². The molecular weight excluding hydrogens is 340 g/mol. The zero-order valence-corrected chi connectivity index (χ0v) is 16.4. The number of hydrogen-bond acceptors (Lipinski definition) is 4. The maximum Gasteiger partial charge on any atom is 0.409 e. The molecule has 5 heteroatoms. The smallest absolute Gasteiger partial charge is 0.409 e. The highest BCUT2D eigenvalue weighted by Gasteiger charge is 2.35. The number of nitrogens with zero attached hydrogens (tertiary/aromatic N) is 2. The summed E-state index contributed by atoms with van der Waals surface area (Å²) in [5.74, 6) is 1.05. The number of amides is 1. The molecule has 1 aromatic carbocycles. The fourth-order valence-electron chi connectivity index (χ4n) is 4.94. The standard InChI is InChI=1S/C22H30N2O3/c1-3-26-22(25)24-13-9-20(16(2)15-24)23-11-7-17(8-12-23)19-6-4-5-18-10-14-27-21(18)19/h4-6,10,14,16-17,20H,3,7-9,11-13,15H2,1-2H3. The van der Waals surface area contributed by atoms with Gasteiger partial charge in [-0.1, -0.05) is 25.1 Å². The van der Waals surface area contributed by atoms with E-state index in [1.165, 1.54) is 23.8 Å². The summed E-state index contributed by atoms with van der Waals surface area (Å²) in [6, 6.07) is 9.11. The van der Waals surface area contributed by atoms with Crippen molar-refractivity contribution in [1.29, 1.82) is 0 Å². The van der Waals surface area contributed by atoms with E-state index >= 15 is 0 Å². The van der Waals surface area contributed by atoms with Crippen molar-refractivity contribution in [2.24, 2.45) is 5.92 Å². The highest BCUT2D eigenvalue weighted by Crippen LogP contribution is 2.35. The Morgan fingerprint density at radius 3 is 2.74 bits per heavy atom. The predicted octanol–water partition coefficient (Wildman–Crippen LogP) is 4.48. The Morgan fingerprint density at radius 2 is 2.00 bits per heavy atom. The fraction of sp³-hybridized carbons (Fsp3) is 0.591. The molecular formula is C22H30N2O3. The Labute approximate surface area is 161 Å².